The van der Waals surface area contributed by atoms with Crippen LogP contribution in [0.1, 0.15) is 29.3 Å². The number of carbonyl (C=O) groups excluding carboxylic acids is 1. The van der Waals surface area contributed by atoms with Crippen LogP contribution in [0.5, 0.6) is 0 Å². The molecule has 1 aromatic carbocycles. The first-order valence-electron chi connectivity index (χ1n) is 5.76. The fourth-order valence-electron chi connectivity index (χ4n) is 2.29. The summed E-state index contributed by atoms with van der Waals surface area (Å²) in [7, 11) is 0. The Kier molecular flexibility index (Phi) is 2.05. The number of rotatable bonds is 2. The van der Waals surface area contributed by atoms with E-state index in [2.05, 4.69) is 18.0 Å². The molecule has 0 radical (unpaired) electrons. The quantitative estimate of drug-likeness (QED) is 0.797. The molecule has 0 bridgehead atoms. The molecule has 2 aromatic rings. The van der Waals surface area contributed by atoms with Gasteiger partial charge in [0.15, 0.2) is 5.78 Å². The lowest BCUT2D eigenvalue weighted by Gasteiger charge is -1.97. The van der Waals surface area contributed by atoms with Crippen molar-refractivity contribution in [3.05, 3.63) is 35.5 Å². The Bertz CT molecular complexity index is 648. The zero-order valence-corrected chi connectivity index (χ0v) is 9.53. The molecule has 1 heterocycles. The highest BCUT2D eigenvalue weighted by Crippen LogP contribution is 2.41. The predicted molar refractivity (Wildman–Crippen MR) is 64.6 cm³/mol. The Hall–Kier alpha value is -2.08. The highest BCUT2D eigenvalue weighted by atomic mass is 16.1. The second-order valence-corrected chi connectivity index (χ2v) is 4.76. The van der Waals surface area contributed by atoms with E-state index in [0.29, 0.717) is 11.5 Å². The van der Waals surface area contributed by atoms with E-state index < -0.39 is 0 Å². The molecule has 1 saturated carbocycles. The summed E-state index contributed by atoms with van der Waals surface area (Å²) < 4.78 is 0. The van der Waals surface area contributed by atoms with E-state index in [0.717, 1.165) is 22.9 Å². The lowest BCUT2D eigenvalue weighted by atomic mass is 10.0. The number of carbonyl (C=O) groups is 1. The number of nitrogens with one attached hydrogen (secondary N) is 1. The van der Waals surface area contributed by atoms with Crippen LogP contribution in [0.25, 0.3) is 10.9 Å². The van der Waals surface area contributed by atoms with Gasteiger partial charge in [0.2, 0.25) is 0 Å². The molecule has 1 N–H and O–H groups in total. The van der Waals surface area contributed by atoms with Crippen molar-refractivity contribution in [2.45, 2.75) is 13.3 Å². The highest BCUT2D eigenvalue weighted by molar-refractivity contribution is 6.10. The third-order valence-corrected chi connectivity index (χ3v) is 3.52. The molecular weight excluding hydrogens is 212 g/mol. The van der Waals surface area contributed by atoms with E-state index in [1.165, 1.54) is 0 Å². The van der Waals surface area contributed by atoms with Crippen LogP contribution < -0.4 is 0 Å². The van der Waals surface area contributed by atoms with Crippen LogP contribution in [-0.2, 0) is 0 Å². The summed E-state index contributed by atoms with van der Waals surface area (Å²) in [5.74, 6) is 0.948. The molecule has 3 rings (SSSR count). The van der Waals surface area contributed by atoms with Gasteiger partial charge in [-0.2, -0.15) is 5.26 Å². The first kappa shape index (κ1) is 10.1. The molecule has 3 nitrogen and oxygen atoms in total. The van der Waals surface area contributed by atoms with Crippen molar-refractivity contribution in [2.75, 3.05) is 0 Å². The summed E-state index contributed by atoms with van der Waals surface area (Å²) in [4.78, 5) is 15.2. The van der Waals surface area contributed by atoms with E-state index in [-0.39, 0.29) is 11.7 Å². The first-order valence-corrected chi connectivity index (χ1v) is 5.76. The monoisotopic (exact) mass is 224 g/mol. The molecule has 0 amide bonds. The number of fused-ring (bicyclic) bond motifs is 1. The maximum absolute atomic E-state index is 12.2. The first-order chi connectivity index (χ1) is 8.20. The second kappa shape index (κ2) is 3.46. The van der Waals surface area contributed by atoms with E-state index in [1.807, 2.05) is 6.07 Å². The molecule has 0 spiro atoms. The maximum atomic E-state index is 12.2. The van der Waals surface area contributed by atoms with Crippen molar-refractivity contribution in [2.24, 2.45) is 11.8 Å². The number of hydrogen-bond acceptors (Lipinski definition) is 2. The van der Waals surface area contributed by atoms with Crippen LogP contribution in [0.2, 0.25) is 0 Å². The summed E-state index contributed by atoms with van der Waals surface area (Å²) in [5.41, 5.74) is 2.23. The molecule has 84 valence electrons. The normalized spacial score (nSPS) is 22.4. The van der Waals surface area contributed by atoms with Gasteiger partial charge in [-0.1, -0.05) is 13.0 Å². The Labute approximate surface area is 99.1 Å². The number of nitrogens with zero attached hydrogens (tertiary/aromatic N) is 1. The summed E-state index contributed by atoms with van der Waals surface area (Å²) in [5, 5.41) is 9.74. The van der Waals surface area contributed by atoms with Crippen LogP contribution >= 0.6 is 0 Å². The molecular formula is C14H12N2O. The Morgan fingerprint density at radius 2 is 2.29 bits per heavy atom. The molecule has 1 fully saturated rings. The van der Waals surface area contributed by atoms with Gasteiger partial charge in [-0.3, -0.25) is 4.79 Å². The smallest absolute Gasteiger partial charge is 0.168 e. The zero-order chi connectivity index (χ0) is 12.0. The minimum absolute atomic E-state index is 0.199. The molecule has 3 heteroatoms. The highest BCUT2D eigenvalue weighted by Gasteiger charge is 2.40. The van der Waals surface area contributed by atoms with Crippen molar-refractivity contribution in [1.29, 1.82) is 5.26 Å². The molecule has 2 unspecified atom stereocenters. The molecule has 0 aliphatic heterocycles. The van der Waals surface area contributed by atoms with Crippen LogP contribution in [-0.4, -0.2) is 10.8 Å². The number of H-pyrrole nitrogens is 1. The number of hydrogen-bond donors (Lipinski definition) is 1. The van der Waals surface area contributed by atoms with Crippen molar-refractivity contribution < 1.29 is 4.79 Å². The fourth-order valence-corrected chi connectivity index (χ4v) is 2.29. The number of aromatic amines is 1. The molecule has 1 aromatic heterocycles. The van der Waals surface area contributed by atoms with Gasteiger partial charge in [0.1, 0.15) is 0 Å². The van der Waals surface area contributed by atoms with Crippen molar-refractivity contribution in [1.82, 2.24) is 4.98 Å². The summed E-state index contributed by atoms with van der Waals surface area (Å²) >= 11 is 0. The maximum Gasteiger partial charge on any atom is 0.168 e. The van der Waals surface area contributed by atoms with Crippen LogP contribution in [0.4, 0.5) is 0 Å². The van der Waals surface area contributed by atoms with Crippen LogP contribution in [0.3, 0.4) is 0 Å². The molecule has 17 heavy (non-hydrogen) atoms. The predicted octanol–water partition coefficient (Wildman–Crippen LogP) is 2.88. The fraction of sp³-hybridized carbons (Fsp3) is 0.286. The van der Waals surface area contributed by atoms with E-state index >= 15 is 0 Å². The van der Waals surface area contributed by atoms with Gasteiger partial charge in [-0.05, 0) is 24.5 Å². The Morgan fingerprint density at radius 3 is 2.94 bits per heavy atom. The van der Waals surface area contributed by atoms with Gasteiger partial charge in [0, 0.05) is 28.6 Å². The standard InChI is InChI=1S/C14H12N2O/c1-8-4-11(8)14(17)12-7-16-13-5-9(6-15)2-3-10(12)13/h2-3,5,7-8,11,16H,4H2,1H3. The number of nitriles is 1. The average molecular weight is 224 g/mol. The second-order valence-electron chi connectivity index (χ2n) is 4.76. The number of ketones is 1. The van der Waals surface area contributed by atoms with Gasteiger partial charge < -0.3 is 4.98 Å². The lowest BCUT2D eigenvalue weighted by Crippen LogP contribution is -2.01. The Morgan fingerprint density at radius 1 is 1.53 bits per heavy atom. The van der Waals surface area contributed by atoms with Gasteiger partial charge in [-0.25, -0.2) is 0 Å². The van der Waals surface area contributed by atoms with Crippen molar-refractivity contribution in [3.8, 4) is 6.07 Å². The minimum atomic E-state index is 0.199. The topological polar surface area (TPSA) is 56.6 Å². The van der Waals surface area contributed by atoms with Gasteiger partial charge >= 0.3 is 0 Å². The molecule has 2 atom stereocenters. The van der Waals surface area contributed by atoms with E-state index in [1.54, 1.807) is 18.3 Å². The number of aromatic nitrogens is 1. The molecule has 1 aliphatic rings. The van der Waals surface area contributed by atoms with Crippen LogP contribution in [0, 0.1) is 23.2 Å². The lowest BCUT2D eigenvalue weighted by molar-refractivity contribution is 0.0964. The largest absolute Gasteiger partial charge is 0.360 e. The Balaban J connectivity index is 2.07. The van der Waals surface area contributed by atoms with Crippen molar-refractivity contribution in [3.63, 3.8) is 0 Å². The third-order valence-electron chi connectivity index (χ3n) is 3.52. The van der Waals surface area contributed by atoms with Gasteiger partial charge in [0.25, 0.3) is 0 Å². The van der Waals surface area contributed by atoms with E-state index in [9.17, 15) is 4.79 Å². The number of Topliss-reactive ketones (excluding diaryl/α,β-unsaturated/α-hetero) is 1. The molecule has 1 aliphatic carbocycles. The van der Waals surface area contributed by atoms with Gasteiger partial charge in [-0.15, -0.1) is 0 Å². The molecule has 0 saturated heterocycles. The van der Waals surface area contributed by atoms with Crippen LogP contribution in [0.15, 0.2) is 24.4 Å². The minimum Gasteiger partial charge on any atom is -0.360 e. The third kappa shape index (κ3) is 1.53. The number of benzene rings is 1. The zero-order valence-electron chi connectivity index (χ0n) is 9.53. The summed E-state index contributed by atoms with van der Waals surface area (Å²) in [6.07, 6.45) is 2.76. The summed E-state index contributed by atoms with van der Waals surface area (Å²) in [6, 6.07) is 7.48. The van der Waals surface area contributed by atoms with Gasteiger partial charge in [0.05, 0.1) is 11.6 Å². The SMILES string of the molecule is CC1CC1C(=O)c1c[nH]c2cc(C#N)ccc12. The van der Waals surface area contributed by atoms with Crippen molar-refractivity contribution >= 4 is 16.7 Å². The average Bonchev–Trinajstić information content (AvgIpc) is 2.92. The summed E-state index contributed by atoms with van der Waals surface area (Å²) in [6.45, 7) is 2.10. The van der Waals surface area contributed by atoms with E-state index in [4.69, 9.17) is 5.26 Å².